The quantitative estimate of drug-likeness (QED) is 0.917. The summed E-state index contributed by atoms with van der Waals surface area (Å²) in [6.07, 6.45) is -3.29. The van der Waals surface area contributed by atoms with Gasteiger partial charge in [0.1, 0.15) is 0 Å². The van der Waals surface area contributed by atoms with Gasteiger partial charge in [-0.1, -0.05) is 6.92 Å². The Balaban J connectivity index is 2.04. The van der Waals surface area contributed by atoms with Crippen molar-refractivity contribution in [2.24, 2.45) is 5.92 Å². The van der Waals surface area contributed by atoms with Gasteiger partial charge >= 0.3 is 12.2 Å². The number of nitrogens with zero attached hydrogens (tertiary/aromatic N) is 4. The third kappa shape index (κ3) is 4.08. The molecule has 0 radical (unpaired) electrons. The lowest BCUT2D eigenvalue weighted by atomic mass is 9.96. The van der Waals surface area contributed by atoms with Crippen molar-refractivity contribution < 1.29 is 17.9 Å². The molecular weight excluding hydrogens is 287 g/mol. The van der Waals surface area contributed by atoms with Gasteiger partial charge < -0.3 is 15.4 Å². The number of piperidine rings is 1. The highest BCUT2D eigenvalue weighted by Gasteiger charge is 2.41. The lowest BCUT2D eigenvalue weighted by molar-refractivity contribution is -0.179. The van der Waals surface area contributed by atoms with Gasteiger partial charge in [0, 0.05) is 13.1 Å². The molecule has 1 aromatic heterocycles. The van der Waals surface area contributed by atoms with Crippen LogP contribution in [-0.4, -0.2) is 40.8 Å². The molecule has 6 nitrogen and oxygen atoms in total. The van der Waals surface area contributed by atoms with Crippen LogP contribution >= 0.6 is 0 Å². The van der Waals surface area contributed by atoms with Crippen molar-refractivity contribution in [2.45, 2.75) is 32.4 Å². The molecule has 118 valence electrons. The molecule has 2 rings (SSSR count). The number of nitrogens with two attached hydrogens (primary N) is 1. The van der Waals surface area contributed by atoms with Gasteiger partial charge in [-0.05, 0) is 19.3 Å². The fourth-order valence-corrected chi connectivity index (χ4v) is 2.17. The first-order valence-corrected chi connectivity index (χ1v) is 6.86. The second-order valence-electron chi connectivity index (χ2n) is 4.93. The van der Waals surface area contributed by atoms with Gasteiger partial charge in [-0.2, -0.15) is 28.1 Å². The first-order valence-electron chi connectivity index (χ1n) is 6.86. The highest BCUT2D eigenvalue weighted by molar-refractivity contribution is 5.36. The first kappa shape index (κ1) is 15.6. The molecule has 0 atom stereocenters. The van der Waals surface area contributed by atoms with Crippen molar-refractivity contribution in [3.63, 3.8) is 0 Å². The van der Waals surface area contributed by atoms with Crippen LogP contribution in [0.1, 0.15) is 26.2 Å². The minimum atomic E-state index is -4.14. The lowest BCUT2D eigenvalue weighted by Crippen LogP contribution is -2.39. The van der Waals surface area contributed by atoms with E-state index in [1.807, 2.05) is 6.92 Å². The Labute approximate surface area is 120 Å². The monoisotopic (exact) mass is 305 g/mol. The molecule has 1 aromatic rings. The smallest absolute Gasteiger partial charge is 0.391 e. The lowest BCUT2D eigenvalue weighted by Gasteiger charge is -2.32. The summed E-state index contributed by atoms with van der Waals surface area (Å²) >= 11 is 0. The van der Waals surface area contributed by atoms with Crippen LogP contribution in [-0.2, 0) is 0 Å². The van der Waals surface area contributed by atoms with Crippen LogP contribution in [0.25, 0.3) is 0 Å². The average Bonchev–Trinajstić information content (AvgIpc) is 2.44. The van der Waals surface area contributed by atoms with E-state index < -0.39 is 12.1 Å². The minimum absolute atomic E-state index is 0.00375. The van der Waals surface area contributed by atoms with E-state index in [1.165, 1.54) is 0 Å². The Morgan fingerprint density at radius 1 is 1.24 bits per heavy atom. The molecule has 0 amide bonds. The molecule has 1 aliphatic heterocycles. The third-order valence-corrected chi connectivity index (χ3v) is 3.30. The van der Waals surface area contributed by atoms with Crippen molar-refractivity contribution in [1.82, 2.24) is 15.0 Å². The van der Waals surface area contributed by atoms with E-state index in [9.17, 15) is 13.2 Å². The van der Waals surface area contributed by atoms with E-state index in [1.54, 1.807) is 4.90 Å². The van der Waals surface area contributed by atoms with Crippen LogP contribution in [0.15, 0.2) is 0 Å². The molecule has 1 fully saturated rings. The number of nitrogen functional groups attached to an aromatic ring is 1. The molecule has 0 spiro atoms. The Morgan fingerprint density at radius 2 is 1.90 bits per heavy atom. The maximum absolute atomic E-state index is 12.6. The number of rotatable bonds is 4. The van der Waals surface area contributed by atoms with Crippen molar-refractivity contribution in [3.05, 3.63) is 0 Å². The summed E-state index contributed by atoms with van der Waals surface area (Å²) < 4.78 is 43.2. The summed E-state index contributed by atoms with van der Waals surface area (Å²) in [6, 6.07) is 0.109. The number of hydrogen-bond donors (Lipinski definition) is 1. The Morgan fingerprint density at radius 3 is 2.48 bits per heavy atom. The molecule has 1 saturated heterocycles. The molecule has 21 heavy (non-hydrogen) atoms. The molecule has 0 aliphatic carbocycles. The number of halogens is 3. The summed E-state index contributed by atoms with van der Waals surface area (Å²) in [4.78, 5) is 13.6. The molecule has 0 unspecified atom stereocenters. The summed E-state index contributed by atoms with van der Waals surface area (Å²) in [5, 5.41) is 0. The Kier molecular flexibility index (Phi) is 4.69. The maximum Gasteiger partial charge on any atom is 0.391 e. The SMILES string of the molecule is CCCOc1nc(N)nc(N2CCC(C(F)(F)F)CC2)n1. The fourth-order valence-electron chi connectivity index (χ4n) is 2.17. The molecule has 0 aromatic carbocycles. The van der Waals surface area contributed by atoms with Gasteiger partial charge in [0.05, 0.1) is 12.5 Å². The zero-order chi connectivity index (χ0) is 15.5. The van der Waals surface area contributed by atoms with E-state index in [0.717, 1.165) is 6.42 Å². The van der Waals surface area contributed by atoms with Crippen LogP contribution in [0.2, 0.25) is 0 Å². The van der Waals surface area contributed by atoms with E-state index in [4.69, 9.17) is 10.5 Å². The van der Waals surface area contributed by atoms with Gasteiger partial charge in [-0.3, -0.25) is 0 Å². The normalized spacial score (nSPS) is 17.0. The van der Waals surface area contributed by atoms with Crippen LogP contribution in [0, 0.1) is 5.92 Å². The van der Waals surface area contributed by atoms with Crippen LogP contribution in [0.4, 0.5) is 25.1 Å². The molecule has 2 N–H and O–H groups in total. The average molecular weight is 305 g/mol. The number of aromatic nitrogens is 3. The van der Waals surface area contributed by atoms with Gasteiger partial charge in [0.15, 0.2) is 0 Å². The predicted octanol–water partition coefficient (Wildman–Crippen LogP) is 2.02. The summed E-state index contributed by atoms with van der Waals surface area (Å²) in [6.45, 7) is 2.86. The number of alkyl halides is 3. The maximum atomic E-state index is 12.6. The summed E-state index contributed by atoms with van der Waals surface area (Å²) in [7, 11) is 0. The van der Waals surface area contributed by atoms with Crippen LogP contribution in [0.5, 0.6) is 6.01 Å². The standard InChI is InChI=1S/C12H18F3N5O/c1-2-7-21-11-18-9(16)17-10(19-11)20-5-3-8(4-6-20)12(13,14)15/h8H,2-7H2,1H3,(H2,16,17,18,19). The molecule has 1 aliphatic rings. The molecule has 2 heterocycles. The molecule has 9 heteroatoms. The highest BCUT2D eigenvalue weighted by atomic mass is 19.4. The summed E-state index contributed by atoms with van der Waals surface area (Å²) in [5.41, 5.74) is 5.59. The molecular formula is C12H18F3N5O. The topological polar surface area (TPSA) is 77.2 Å². The first-order chi connectivity index (χ1) is 9.90. The Hall–Kier alpha value is -1.80. The fraction of sp³-hybridized carbons (Fsp3) is 0.750. The van der Waals surface area contributed by atoms with Gasteiger partial charge in [-0.15, -0.1) is 0 Å². The molecule has 0 saturated carbocycles. The van der Waals surface area contributed by atoms with Crippen molar-refractivity contribution in [1.29, 1.82) is 0 Å². The second-order valence-corrected chi connectivity index (χ2v) is 4.93. The van der Waals surface area contributed by atoms with Crippen molar-refractivity contribution >= 4 is 11.9 Å². The zero-order valence-corrected chi connectivity index (χ0v) is 11.7. The van der Waals surface area contributed by atoms with Gasteiger partial charge in [-0.25, -0.2) is 0 Å². The van der Waals surface area contributed by atoms with Crippen molar-refractivity contribution in [3.8, 4) is 6.01 Å². The number of ether oxygens (including phenoxy) is 1. The van der Waals surface area contributed by atoms with Gasteiger partial charge in [0.25, 0.3) is 0 Å². The van der Waals surface area contributed by atoms with E-state index in [0.29, 0.717) is 6.61 Å². The predicted molar refractivity (Wildman–Crippen MR) is 71.0 cm³/mol. The van der Waals surface area contributed by atoms with Crippen LogP contribution < -0.4 is 15.4 Å². The Bertz CT molecular complexity index is 474. The van der Waals surface area contributed by atoms with Crippen molar-refractivity contribution in [2.75, 3.05) is 30.3 Å². The largest absolute Gasteiger partial charge is 0.463 e. The third-order valence-electron chi connectivity index (χ3n) is 3.30. The minimum Gasteiger partial charge on any atom is -0.463 e. The second kappa shape index (κ2) is 6.31. The number of anilines is 2. The van der Waals surface area contributed by atoms with E-state index >= 15 is 0 Å². The molecule has 0 bridgehead atoms. The zero-order valence-electron chi connectivity index (χ0n) is 11.7. The van der Waals surface area contributed by atoms with E-state index in [2.05, 4.69) is 15.0 Å². The highest BCUT2D eigenvalue weighted by Crippen LogP contribution is 2.34. The van der Waals surface area contributed by atoms with E-state index in [-0.39, 0.29) is 43.8 Å². The van der Waals surface area contributed by atoms with Gasteiger partial charge in [0.2, 0.25) is 11.9 Å². The van der Waals surface area contributed by atoms with Crippen LogP contribution in [0.3, 0.4) is 0 Å². The summed E-state index contributed by atoms with van der Waals surface area (Å²) in [5.74, 6) is -0.984. The number of hydrogen-bond acceptors (Lipinski definition) is 6.